The summed E-state index contributed by atoms with van der Waals surface area (Å²) in [4.78, 5) is 6.64. The predicted molar refractivity (Wildman–Crippen MR) is 117 cm³/mol. The number of hydrogen-bond acceptors (Lipinski definition) is 6. The third-order valence-corrected chi connectivity index (χ3v) is 7.44. The van der Waals surface area contributed by atoms with Gasteiger partial charge in [-0.05, 0) is 57.1 Å². The summed E-state index contributed by atoms with van der Waals surface area (Å²) in [5, 5.41) is 4.80. The van der Waals surface area contributed by atoms with Gasteiger partial charge in [0.15, 0.2) is 11.6 Å². The summed E-state index contributed by atoms with van der Waals surface area (Å²) in [7, 11) is 1.81. The van der Waals surface area contributed by atoms with E-state index in [4.69, 9.17) is 15.6 Å². The fraction of sp³-hybridized carbons (Fsp3) is 0.652. The maximum atomic E-state index is 12.7. The molecule has 0 bridgehead atoms. The first kappa shape index (κ1) is 21.6. The van der Waals surface area contributed by atoms with Gasteiger partial charge in [-0.2, -0.15) is 13.9 Å². The zero-order chi connectivity index (χ0) is 22.6. The molecule has 174 valence electrons. The van der Waals surface area contributed by atoms with E-state index in [1.165, 1.54) is 24.6 Å². The van der Waals surface area contributed by atoms with Gasteiger partial charge in [0.1, 0.15) is 0 Å². The maximum absolute atomic E-state index is 12.7. The van der Waals surface area contributed by atoms with Gasteiger partial charge in [0.2, 0.25) is 0 Å². The number of nitrogen functional groups attached to an aromatic ring is 1. The Morgan fingerprint density at radius 3 is 2.56 bits per heavy atom. The summed E-state index contributed by atoms with van der Waals surface area (Å²) in [5.74, 6) is 1.70. The highest BCUT2D eigenvalue weighted by Crippen LogP contribution is 2.64. The van der Waals surface area contributed by atoms with Crippen LogP contribution in [0.1, 0.15) is 50.8 Å². The van der Waals surface area contributed by atoms with Gasteiger partial charge >= 0.3 is 6.61 Å². The minimum absolute atomic E-state index is 0.0574. The van der Waals surface area contributed by atoms with Gasteiger partial charge in [0.25, 0.3) is 0 Å². The van der Waals surface area contributed by atoms with Crippen LogP contribution in [0.3, 0.4) is 0 Å². The smallest absolute Gasteiger partial charge is 0.387 e. The second-order valence-corrected chi connectivity index (χ2v) is 9.60. The predicted octanol–water partition coefficient (Wildman–Crippen LogP) is 3.92. The Kier molecular flexibility index (Phi) is 5.57. The number of rotatable bonds is 7. The van der Waals surface area contributed by atoms with Crippen molar-refractivity contribution < 1.29 is 18.3 Å². The Labute approximate surface area is 186 Å². The average Bonchev–Trinajstić information content (AvgIpc) is 3.23. The fourth-order valence-corrected chi connectivity index (χ4v) is 5.83. The molecule has 3 heterocycles. The monoisotopic (exact) mass is 447 g/mol. The molecule has 0 spiro atoms. The van der Waals surface area contributed by atoms with Crippen molar-refractivity contribution in [1.29, 1.82) is 0 Å². The Hall–Kier alpha value is -2.26. The van der Waals surface area contributed by atoms with Gasteiger partial charge in [-0.15, -0.1) is 0 Å². The number of ether oxygens (including phenoxy) is 2. The van der Waals surface area contributed by atoms with Crippen LogP contribution in [0, 0.1) is 11.8 Å². The molecule has 7 nitrogen and oxygen atoms in total. The average molecular weight is 448 g/mol. The summed E-state index contributed by atoms with van der Waals surface area (Å²) < 4.78 is 37.5. The third-order valence-electron chi connectivity index (χ3n) is 7.44. The van der Waals surface area contributed by atoms with Crippen LogP contribution in [0.4, 0.5) is 14.6 Å². The molecule has 0 unspecified atom stereocenters. The normalized spacial score (nSPS) is 29.8. The van der Waals surface area contributed by atoms with Gasteiger partial charge in [-0.3, -0.25) is 9.58 Å². The first-order chi connectivity index (χ1) is 15.4. The SMILES string of the molecule is CO[C@H]1CCN([C@H]2C[C@@H]3[C@H](C2)[C@@H]3c2cc(-c3cnc(N)c(OC(F)F)c3)nn2C(C)C)C1. The molecule has 5 rings (SSSR count). The topological polar surface area (TPSA) is 78.4 Å². The second-order valence-electron chi connectivity index (χ2n) is 9.60. The summed E-state index contributed by atoms with van der Waals surface area (Å²) in [6, 6.07) is 4.45. The lowest BCUT2D eigenvalue weighted by Gasteiger charge is -2.26. The largest absolute Gasteiger partial charge is 0.431 e. The molecular formula is C23H31F2N5O2. The van der Waals surface area contributed by atoms with Crippen molar-refractivity contribution in [3.05, 3.63) is 24.0 Å². The van der Waals surface area contributed by atoms with Crippen LogP contribution in [0.5, 0.6) is 5.75 Å². The number of pyridine rings is 1. The molecule has 2 saturated carbocycles. The van der Waals surface area contributed by atoms with Crippen molar-refractivity contribution in [1.82, 2.24) is 19.7 Å². The Morgan fingerprint density at radius 2 is 1.94 bits per heavy atom. The van der Waals surface area contributed by atoms with Gasteiger partial charge in [-0.25, -0.2) is 4.98 Å². The van der Waals surface area contributed by atoms with Crippen molar-refractivity contribution in [3.8, 4) is 17.0 Å². The quantitative estimate of drug-likeness (QED) is 0.693. The number of methoxy groups -OCH3 is 1. The summed E-state index contributed by atoms with van der Waals surface area (Å²) in [5.41, 5.74) is 8.26. The standard InChI is InChI=1S/C23H31F2N5O2/c1-12(2)30-19(9-18(28-30)13-6-20(32-23(24)25)22(26)27-10-13)21-16-7-14(8-17(16)21)29-5-4-15(11-29)31-3/h6,9-10,12,14-17,21,23H,4-5,7-8,11H2,1-3H3,(H2,26,27)/t14-,15-,16+,17-,21+/m0/s1. The molecule has 2 aliphatic carbocycles. The van der Waals surface area contributed by atoms with E-state index in [-0.39, 0.29) is 17.6 Å². The number of anilines is 1. The highest BCUT2D eigenvalue weighted by molar-refractivity contribution is 5.64. The summed E-state index contributed by atoms with van der Waals surface area (Å²) >= 11 is 0. The Morgan fingerprint density at radius 1 is 1.19 bits per heavy atom. The van der Waals surface area contributed by atoms with Crippen LogP contribution in [0.15, 0.2) is 18.3 Å². The van der Waals surface area contributed by atoms with E-state index in [0.717, 1.165) is 19.5 Å². The molecule has 0 radical (unpaired) electrons. The molecule has 2 aromatic rings. The zero-order valence-corrected chi connectivity index (χ0v) is 18.7. The number of fused-ring (bicyclic) bond motifs is 1. The van der Waals surface area contributed by atoms with Gasteiger partial charge in [-0.1, -0.05) is 0 Å². The van der Waals surface area contributed by atoms with Crippen LogP contribution in [-0.2, 0) is 4.74 Å². The molecule has 1 saturated heterocycles. The van der Waals surface area contributed by atoms with Crippen LogP contribution >= 0.6 is 0 Å². The van der Waals surface area contributed by atoms with Crippen molar-refractivity contribution in [2.75, 3.05) is 25.9 Å². The number of aromatic nitrogens is 3. The molecular weight excluding hydrogens is 416 g/mol. The molecule has 32 heavy (non-hydrogen) atoms. The molecule has 5 atom stereocenters. The minimum Gasteiger partial charge on any atom is -0.431 e. The van der Waals surface area contributed by atoms with E-state index >= 15 is 0 Å². The minimum atomic E-state index is -2.95. The molecule has 1 aliphatic heterocycles. The lowest BCUT2D eigenvalue weighted by atomic mass is 10.0. The molecule has 0 amide bonds. The maximum Gasteiger partial charge on any atom is 0.387 e. The Bertz CT molecular complexity index is 969. The number of alkyl halides is 2. The van der Waals surface area contributed by atoms with Gasteiger partial charge in [0, 0.05) is 55.7 Å². The van der Waals surface area contributed by atoms with Gasteiger partial charge in [0.05, 0.1) is 11.8 Å². The highest BCUT2D eigenvalue weighted by Gasteiger charge is 2.59. The summed E-state index contributed by atoms with van der Waals surface area (Å²) in [6.45, 7) is 3.46. The number of hydrogen-bond donors (Lipinski definition) is 1. The van der Waals surface area contributed by atoms with Crippen molar-refractivity contribution >= 4 is 5.82 Å². The number of nitrogens with two attached hydrogens (primary N) is 1. The van der Waals surface area contributed by atoms with Crippen LogP contribution in [-0.4, -0.2) is 58.6 Å². The zero-order valence-electron chi connectivity index (χ0n) is 18.7. The van der Waals surface area contributed by atoms with Gasteiger partial charge < -0.3 is 15.2 Å². The molecule has 9 heteroatoms. The van der Waals surface area contributed by atoms with Crippen LogP contribution in [0.25, 0.3) is 11.3 Å². The van der Waals surface area contributed by atoms with E-state index in [2.05, 4.69) is 39.2 Å². The first-order valence-electron chi connectivity index (χ1n) is 11.4. The molecule has 2 N–H and O–H groups in total. The number of nitrogens with zero attached hydrogens (tertiary/aromatic N) is 4. The third kappa shape index (κ3) is 3.85. The Balaban J connectivity index is 1.34. The molecule has 0 aromatic carbocycles. The highest BCUT2D eigenvalue weighted by atomic mass is 19.3. The molecule has 2 aromatic heterocycles. The lowest BCUT2D eigenvalue weighted by molar-refractivity contribution is -0.0494. The summed E-state index contributed by atoms with van der Waals surface area (Å²) in [6.07, 6.45) is 5.51. The van der Waals surface area contributed by atoms with E-state index in [1.54, 1.807) is 13.3 Å². The van der Waals surface area contributed by atoms with E-state index in [0.29, 0.717) is 41.2 Å². The molecule has 3 fully saturated rings. The second kappa shape index (κ2) is 8.26. The van der Waals surface area contributed by atoms with Crippen LogP contribution < -0.4 is 10.5 Å². The van der Waals surface area contributed by atoms with E-state index in [1.807, 2.05) is 0 Å². The van der Waals surface area contributed by atoms with Crippen molar-refractivity contribution in [2.45, 2.75) is 63.8 Å². The number of likely N-dealkylation sites (tertiary alicyclic amines) is 1. The fourth-order valence-electron chi connectivity index (χ4n) is 5.83. The lowest BCUT2D eigenvalue weighted by Crippen LogP contribution is -2.33. The first-order valence-corrected chi connectivity index (χ1v) is 11.4. The van der Waals surface area contributed by atoms with Crippen molar-refractivity contribution in [2.24, 2.45) is 11.8 Å². The molecule has 3 aliphatic rings. The van der Waals surface area contributed by atoms with Crippen molar-refractivity contribution in [3.63, 3.8) is 0 Å². The van der Waals surface area contributed by atoms with E-state index < -0.39 is 6.61 Å². The number of halogens is 2. The van der Waals surface area contributed by atoms with Crippen LogP contribution in [0.2, 0.25) is 0 Å². The van der Waals surface area contributed by atoms with E-state index in [9.17, 15) is 8.78 Å².